The number of aromatic nitrogens is 2. The summed E-state index contributed by atoms with van der Waals surface area (Å²) in [6.07, 6.45) is 0. The normalized spacial score (nSPS) is 10.5. The molecule has 0 atom stereocenters. The highest BCUT2D eigenvalue weighted by Gasteiger charge is 2.24. The molecule has 2 rings (SSSR count). The number of nitrogens with one attached hydrogen (secondary N) is 1. The SMILES string of the molecule is Cc1nn(C)c(C)c1C(=O)C(=O)Nc1ccc(F)cc1Cl. The monoisotopic (exact) mass is 309 g/mol. The lowest BCUT2D eigenvalue weighted by molar-refractivity contribution is -0.112. The number of carbonyl (C=O) groups excluding carboxylic acids is 2. The van der Waals surface area contributed by atoms with Crippen molar-refractivity contribution in [2.75, 3.05) is 5.32 Å². The van der Waals surface area contributed by atoms with Gasteiger partial charge in [0.05, 0.1) is 22.0 Å². The zero-order valence-corrected chi connectivity index (χ0v) is 12.5. The van der Waals surface area contributed by atoms with Crippen LogP contribution >= 0.6 is 11.6 Å². The Balaban J connectivity index is 2.26. The van der Waals surface area contributed by atoms with Crippen LogP contribution in [0.3, 0.4) is 0 Å². The molecule has 0 unspecified atom stereocenters. The van der Waals surface area contributed by atoms with Gasteiger partial charge in [0, 0.05) is 12.7 Å². The molecule has 5 nitrogen and oxygen atoms in total. The van der Waals surface area contributed by atoms with Crippen molar-refractivity contribution in [1.82, 2.24) is 9.78 Å². The number of hydrogen-bond acceptors (Lipinski definition) is 3. The predicted molar refractivity (Wildman–Crippen MR) is 77.1 cm³/mol. The van der Waals surface area contributed by atoms with E-state index in [1.807, 2.05) is 0 Å². The van der Waals surface area contributed by atoms with E-state index >= 15 is 0 Å². The van der Waals surface area contributed by atoms with Crippen molar-refractivity contribution >= 4 is 29.0 Å². The molecule has 0 aliphatic carbocycles. The Bertz CT molecular complexity index is 740. The van der Waals surface area contributed by atoms with E-state index in [0.717, 1.165) is 12.1 Å². The molecule has 2 aromatic rings. The number of carbonyl (C=O) groups is 2. The molecular formula is C14H13ClFN3O2. The summed E-state index contributed by atoms with van der Waals surface area (Å²) in [6.45, 7) is 3.35. The molecule has 1 aromatic heterocycles. The summed E-state index contributed by atoms with van der Waals surface area (Å²) in [5, 5.41) is 6.49. The molecule has 7 heteroatoms. The van der Waals surface area contributed by atoms with Gasteiger partial charge in [0.15, 0.2) is 0 Å². The highest BCUT2D eigenvalue weighted by atomic mass is 35.5. The predicted octanol–water partition coefficient (Wildman–Crippen LogP) is 2.65. The van der Waals surface area contributed by atoms with Crippen molar-refractivity contribution in [2.24, 2.45) is 7.05 Å². The van der Waals surface area contributed by atoms with Gasteiger partial charge in [0.2, 0.25) is 0 Å². The molecule has 110 valence electrons. The lowest BCUT2D eigenvalue weighted by Crippen LogP contribution is -2.24. The smallest absolute Gasteiger partial charge is 0.296 e. The van der Waals surface area contributed by atoms with Gasteiger partial charge < -0.3 is 5.32 Å². The molecule has 0 bridgehead atoms. The van der Waals surface area contributed by atoms with Crippen molar-refractivity contribution in [3.8, 4) is 0 Å². The topological polar surface area (TPSA) is 64.0 Å². The van der Waals surface area contributed by atoms with Crippen LogP contribution < -0.4 is 5.32 Å². The molecule has 0 saturated carbocycles. The number of rotatable bonds is 3. The number of ketones is 1. The molecule has 1 amide bonds. The van der Waals surface area contributed by atoms with Gasteiger partial charge in [-0.05, 0) is 32.0 Å². The maximum atomic E-state index is 12.9. The van der Waals surface area contributed by atoms with Crippen molar-refractivity contribution in [1.29, 1.82) is 0 Å². The molecule has 0 aliphatic heterocycles. The Hall–Kier alpha value is -2.21. The third kappa shape index (κ3) is 2.95. The molecule has 0 saturated heterocycles. The maximum absolute atomic E-state index is 12.9. The van der Waals surface area contributed by atoms with Gasteiger partial charge in [0.1, 0.15) is 5.82 Å². The van der Waals surface area contributed by atoms with Crippen LogP contribution in [-0.2, 0) is 11.8 Å². The molecule has 1 aromatic carbocycles. The van der Waals surface area contributed by atoms with Crippen LogP contribution in [0.15, 0.2) is 18.2 Å². The highest BCUT2D eigenvalue weighted by molar-refractivity contribution is 6.47. The molecule has 0 spiro atoms. The summed E-state index contributed by atoms with van der Waals surface area (Å²) in [4.78, 5) is 24.2. The number of hydrogen-bond donors (Lipinski definition) is 1. The summed E-state index contributed by atoms with van der Waals surface area (Å²) in [6, 6.07) is 3.50. The van der Waals surface area contributed by atoms with E-state index in [1.165, 1.54) is 10.7 Å². The van der Waals surface area contributed by atoms with Crippen LogP contribution in [0, 0.1) is 19.7 Å². The maximum Gasteiger partial charge on any atom is 0.296 e. The highest BCUT2D eigenvalue weighted by Crippen LogP contribution is 2.23. The van der Waals surface area contributed by atoms with E-state index in [2.05, 4.69) is 10.4 Å². The summed E-state index contributed by atoms with van der Waals surface area (Å²) in [5.74, 6) is -2.08. The van der Waals surface area contributed by atoms with Crippen LogP contribution in [0.1, 0.15) is 21.7 Å². The Labute approximate surface area is 125 Å². The van der Waals surface area contributed by atoms with Gasteiger partial charge in [-0.3, -0.25) is 14.3 Å². The van der Waals surface area contributed by atoms with Crippen LogP contribution in [-0.4, -0.2) is 21.5 Å². The Kier molecular flexibility index (Phi) is 4.09. The number of halogens is 2. The second kappa shape index (κ2) is 5.65. The quantitative estimate of drug-likeness (QED) is 0.700. The molecule has 21 heavy (non-hydrogen) atoms. The zero-order valence-electron chi connectivity index (χ0n) is 11.7. The molecular weight excluding hydrogens is 297 g/mol. The molecule has 1 heterocycles. The molecule has 1 N–H and O–H groups in total. The van der Waals surface area contributed by atoms with E-state index in [0.29, 0.717) is 11.4 Å². The van der Waals surface area contributed by atoms with E-state index in [1.54, 1.807) is 20.9 Å². The van der Waals surface area contributed by atoms with E-state index in [4.69, 9.17) is 11.6 Å². The standard InChI is InChI=1S/C14H13ClFN3O2/c1-7-12(8(2)19(3)18-7)13(20)14(21)17-11-5-4-9(16)6-10(11)15/h4-6H,1-3H3,(H,17,21). The van der Waals surface area contributed by atoms with Crippen molar-refractivity contribution < 1.29 is 14.0 Å². The van der Waals surface area contributed by atoms with Gasteiger partial charge in [0.25, 0.3) is 11.7 Å². The lowest BCUT2D eigenvalue weighted by Gasteiger charge is -2.06. The largest absolute Gasteiger partial charge is 0.318 e. The average molecular weight is 310 g/mol. The summed E-state index contributed by atoms with van der Waals surface area (Å²) in [7, 11) is 1.69. The first-order valence-electron chi connectivity index (χ1n) is 6.12. The Morgan fingerprint density at radius 1 is 1.33 bits per heavy atom. The van der Waals surface area contributed by atoms with E-state index in [-0.39, 0.29) is 16.3 Å². The summed E-state index contributed by atoms with van der Waals surface area (Å²) < 4.78 is 14.5. The number of nitrogens with zero attached hydrogens (tertiary/aromatic N) is 2. The fraction of sp³-hybridized carbons (Fsp3) is 0.214. The van der Waals surface area contributed by atoms with Crippen molar-refractivity contribution in [3.05, 3.63) is 46.0 Å². The van der Waals surface area contributed by atoms with E-state index < -0.39 is 17.5 Å². The fourth-order valence-corrected chi connectivity index (χ4v) is 2.20. The van der Waals surface area contributed by atoms with Gasteiger partial charge in [-0.1, -0.05) is 11.6 Å². The minimum Gasteiger partial charge on any atom is -0.318 e. The second-order valence-corrected chi connectivity index (χ2v) is 4.98. The average Bonchev–Trinajstić information content (AvgIpc) is 2.66. The fourth-order valence-electron chi connectivity index (χ4n) is 1.99. The first-order chi connectivity index (χ1) is 9.81. The van der Waals surface area contributed by atoms with Gasteiger partial charge in [-0.2, -0.15) is 5.10 Å². The van der Waals surface area contributed by atoms with Crippen LogP contribution in [0.2, 0.25) is 5.02 Å². The molecule has 0 radical (unpaired) electrons. The first kappa shape index (κ1) is 15.2. The summed E-state index contributed by atoms with van der Waals surface area (Å²) >= 11 is 5.81. The number of amides is 1. The van der Waals surface area contributed by atoms with Crippen molar-refractivity contribution in [3.63, 3.8) is 0 Å². The number of aryl methyl sites for hydroxylation is 2. The van der Waals surface area contributed by atoms with Crippen LogP contribution in [0.5, 0.6) is 0 Å². The number of anilines is 1. The minimum atomic E-state index is -0.845. The van der Waals surface area contributed by atoms with Gasteiger partial charge >= 0.3 is 0 Å². The lowest BCUT2D eigenvalue weighted by atomic mass is 10.1. The van der Waals surface area contributed by atoms with Crippen LogP contribution in [0.25, 0.3) is 0 Å². The van der Waals surface area contributed by atoms with E-state index in [9.17, 15) is 14.0 Å². The van der Waals surface area contributed by atoms with Crippen LogP contribution in [0.4, 0.5) is 10.1 Å². The Morgan fingerprint density at radius 3 is 2.52 bits per heavy atom. The van der Waals surface area contributed by atoms with Gasteiger partial charge in [-0.15, -0.1) is 0 Å². The molecule has 0 aliphatic rings. The molecule has 0 fully saturated rings. The third-order valence-corrected chi connectivity index (χ3v) is 3.43. The first-order valence-corrected chi connectivity index (χ1v) is 6.50. The van der Waals surface area contributed by atoms with Gasteiger partial charge in [-0.25, -0.2) is 4.39 Å². The number of Topliss-reactive ketones (excluding diaryl/α,β-unsaturated/α-hetero) is 1. The minimum absolute atomic E-state index is 0.0239. The van der Waals surface area contributed by atoms with Crippen molar-refractivity contribution in [2.45, 2.75) is 13.8 Å². The zero-order chi connectivity index (χ0) is 15.7. The second-order valence-electron chi connectivity index (χ2n) is 4.58. The summed E-state index contributed by atoms with van der Waals surface area (Å²) in [5.41, 5.74) is 1.50. The number of benzene rings is 1. The Morgan fingerprint density at radius 2 is 2.00 bits per heavy atom. The third-order valence-electron chi connectivity index (χ3n) is 3.12.